The molecule has 2 atom stereocenters. The molecule has 4 rings (SSSR count). The molecule has 4 aromatic carbocycles. The number of anilines is 1. The van der Waals surface area contributed by atoms with Crippen molar-refractivity contribution in [3.05, 3.63) is 125 Å². The number of nitrogens with two attached hydrogens (primary N) is 1. The van der Waals surface area contributed by atoms with Gasteiger partial charge in [0.25, 0.3) is 5.91 Å². The van der Waals surface area contributed by atoms with E-state index in [9.17, 15) is 24.6 Å². The summed E-state index contributed by atoms with van der Waals surface area (Å²) in [7, 11) is 0. The molecule has 0 aromatic heterocycles. The predicted octanol–water partition coefficient (Wildman–Crippen LogP) is 4.34. The summed E-state index contributed by atoms with van der Waals surface area (Å²) in [4.78, 5) is 38.0. The molecule has 0 fully saturated rings. The van der Waals surface area contributed by atoms with Gasteiger partial charge in [-0.25, -0.2) is 4.79 Å². The first-order valence-electron chi connectivity index (χ1n) is 14.0. The average molecular weight is 582 g/mol. The number of hydrogen-bond donors (Lipinski definition) is 5. The number of aliphatic carboxylic acids is 1. The molecule has 9 heteroatoms. The summed E-state index contributed by atoms with van der Waals surface area (Å²) in [5.41, 5.74) is 9.49. The molecule has 0 aliphatic heterocycles. The summed E-state index contributed by atoms with van der Waals surface area (Å²) >= 11 is 0. The van der Waals surface area contributed by atoms with Crippen LogP contribution in [0.1, 0.15) is 33.5 Å². The van der Waals surface area contributed by atoms with E-state index in [1.54, 1.807) is 24.3 Å². The summed E-state index contributed by atoms with van der Waals surface area (Å²) < 4.78 is 6.00. The summed E-state index contributed by atoms with van der Waals surface area (Å²) in [6, 6.07) is 28.2. The van der Waals surface area contributed by atoms with E-state index in [1.165, 1.54) is 18.2 Å². The Kier molecular flexibility index (Phi) is 10.9. The van der Waals surface area contributed by atoms with Gasteiger partial charge in [0, 0.05) is 12.0 Å². The maximum atomic E-state index is 13.1. The highest BCUT2D eigenvalue weighted by Crippen LogP contribution is 2.27. The maximum absolute atomic E-state index is 13.1. The molecule has 0 bridgehead atoms. The zero-order chi connectivity index (χ0) is 30.6. The van der Waals surface area contributed by atoms with E-state index in [4.69, 9.17) is 10.5 Å². The van der Waals surface area contributed by atoms with Crippen molar-refractivity contribution in [2.75, 3.05) is 11.9 Å². The van der Waals surface area contributed by atoms with Crippen molar-refractivity contribution in [2.45, 2.75) is 37.8 Å². The van der Waals surface area contributed by atoms with E-state index in [1.807, 2.05) is 60.7 Å². The number of carbonyl (C=O) groups excluding carboxylic acids is 2. The summed E-state index contributed by atoms with van der Waals surface area (Å²) in [5, 5.41) is 24.7. The molecule has 4 aromatic rings. The Morgan fingerprint density at radius 2 is 1.42 bits per heavy atom. The lowest BCUT2D eigenvalue weighted by atomic mass is 10.0. The topological polar surface area (TPSA) is 151 Å². The fourth-order valence-corrected chi connectivity index (χ4v) is 4.47. The first-order chi connectivity index (χ1) is 20.8. The van der Waals surface area contributed by atoms with Crippen LogP contribution < -0.4 is 21.1 Å². The second kappa shape index (κ2) is 15.2. The molecule has 0 spiro atoms. The number of carboxylic acid groups (broad SMARTS) is 1. The fraction of sp³-hybridized carbons (Fsp3) is 0.206. The van der Waals surface area contributed by atoms with Gasteiger partial charge in [0.15, 0.2) is 0 Å². The van der Waals surface area contributed by atoms with Gasteiger partial charge in [-0.15, -0.1) is 0 Å². The molecule has 0 saturated carbocycles. The zero-order valence-corrected chi connectivity index (χ0v) is 23.6. The summed E-state index contributed by atoms with van der Waals surface area (Å²) in [6.45, 7) is 0.212. The smallest absolute Gasteiger partial charge is 0.326 e. The van der Waals surface area contributed by atoms with Crippen molar-refractivity contribution in [1.29, 1.82) is 0 Å². The molecular weight excluding hydrogens is 546 g/mol. The number of aromatic hydroxyl groups is 1. The molecule has 43 heavy (non-hydrogen) atoms. The maximum Gasteiger partial charge on any atom is 0.326 e. The number of carboxylic acids is 1. The number of aryl methyl sites for hydroxylation is 1. The first kappa shape index (κ1) is 30.8. The van der Waals surface area contributed by atoms with Crippen molar-refractivity contribution in [2.24, 2.45) is 5.73 Å². The van der Waals surface area contributed by atoms with E-state index < -0.39 is 29.9 Å². The number of phenolic OH excluding ortho intramolecular Hbond substituents is 1. The number of benzene rings is 4. The van der Waals surface area contributed by atoms with E-state index in [0.717, 1.165) is 16.7 Å². The SMILES string of the molecule is NC(Cc1ccccc1)C(=O)Nc1ccc(C(=O)NC(CCc2ccccc2)C(=O)O)cc1OCCc1ccc(O)cc1. The Morgan fingerprint density at radius 3 is 2.07 bits per heavy atom. The molecule has 2 amide bonds. The van der Waals surface area contributed by atoms with Crippen LogP contribution in [-0.2, 0) is 28.9 Å². The zero-order valence-electron chi connectivity index (χ0n) is 23.6. The summed E-state index contributed by atoms with van der Waals surface area (Å²) in [5.74, 6) is -1.74. The second-order valence-corrected chi connectivity index (χ2v) is 10.1. The van der Waals surface area contributed by atoms with E-state index >= 15 is 0 Å². The van der Waals surface area contributed by atoms with E-state index in [0.29, 0.717) is 24.9 Å². The van der Waals surface area contributed by atoms with Crippen molar-refractivity contribution >= 4 is 23.5 Å². The highest BCUT2D eigenvalue weighted by molar-refractivity contribution is 6.00. The molecule has 6 N–H and O–H groups in total. The molecule has 0 aliphatic rings. The Hall–Kier alpha value is -5.15. The highest BCUT2D eigenvalue weighted by Gasteiger charge is 2.22. The molecular formula is C34H35N3O6. The summed E-state index contributed by atoms with van der Waals surface area (Å²) in [6.07, 6.45) is 1.54. The molecule has 0 heterocycles. The van der Waals surface area contributed by atoms with E-state index in [2.05, 4.69) is 10.6 Å². The molecule has 0 radical (unpaired) electrons. The number of phenols is 1. The Labute approximate surface area is 250 Å². The van der Waals surface area contributed by atoms with Crippen LogP contribution in [0.5, 0.6) is 11.5 Å². The van der Waals surface area contributed by atoms with Crippen LogP contribution in [0.3, 0.4) is 0 Å². The third-order valence-electron chi connectivity index (χ3n) is 6.89. The number of rotatable bonds is 14. The Morgan fingerprint density at radius 1 is 0.791 bits per heavy atom. The largest absolute Gasteiger partial charge is 0.508 e. The minimum atomic E-state index is -1.13. The first-order valence-corrected chi connectivity index (χ1v) is 14.0. The van der Waals surface area contributed by atoms with E-state index in [-0.39, 0.29) is 30.1 Å². The Balaban J connectivity index is 1.48. The molecule has 222 valence electrons. The van der Waals surface area contributed by atoms with Gasteiger partial charge >= 0.3 is 5.97 Å². The fourth-order valence-electron chi connectivity index (χ4n) is 4.47. The van der Waals surface area contributed by atoms with Crippen molar-refractivity contribution < 1.29 is 29.3 Å². The lowest BCUT2D eigenvalue weighted by Gasteiger charge is -2.18. The van der Waals surface area contributed by atoms with Gasteiger partial charge in [-0.1, -0.05) is 72.8 Å². The average Bonchev–Trinajstić information content (AvgIpc) is 3.01. The lowest BCUT2D eigenvalue weighted by Crippen LogP contribution is -2.41. The van der Waals surface area contributed by atoms with Crippen LogP contribution in [0.2, 0.25) is 0 Å². The monoisotopic (exact) mass is 581 g/mol. The highest BCUT2D eigenvalue weighted by atomic mass is 16.5. The number of ether oxygens (including phenoxy) is 1. The molecule has 9 nitrogen and oxygen atoms in total. The number of carbonyl (C=O) groups is 3. The third-order valence-corrected chi connectivity index (χ3v) is 6.89. The van der Waals surface area contributed by atoms with Gasteiger partial charge in [-0.05, 0) is 66.3 Å². The molecule has 0 saturated heterocycles. The minimum Gasteiger partial charge on any atom is -0.508 e. The van der Waals surface area contributed by atoms with Crippen LogP contribution in [0, 0.1) is 0 Å². The molecule has 2 unspecified atom stereocenters. The van der Waals surface area contributed by atoms with Crippen LogP contribution in [-0.4, -0.2) is 46.7 Å². The number of nitrogens with one attached hydrogen (secondary N) is 2. The van der Waals surface area contributed by atoms with Crippen molar-refractivity contribution in [3.63, 3.8) is 0 Å². The number of hydrogen-bond acceptors (Lipinski definition) is 6. The standard InChI is InChI=1S/C34H35N3O6/c35-28(21-25-9-5-2-6-10-25)33(40)36-29-18-14-26(22-31(29)43-20-19-24-11-15-27(38)16-12-24)32(39)37-30(34(41)42)17-13-23-7-3-1-4-8-23/h1-12,14-16,18,22,28,30,38H,13,17,19-21,35H2,(H,36,40)(H,37,39)(H,41,42). The quantitative estimate of drug-likeness (QED) is 0.149. The van der Waals surface area contributed by atoms with Crippen LogP contribution in [0.25, 0.3) is 0 Å². The van der Waals surface area contributed by atoms with Crippen molar-refractivity contribution in [3.8, 4) is 11.5 Å². The normalized spacial score (nSPS) is 12.1. The third kappa shape index (κ3) is 9.44. The van der Waals surface area contributed by atoms with Gasteiger partial charge in [-0.3, -0.25) is 9.59 Å². The van der Waals surface area contributed by atoms with Gasteiger partial charge in [0.2, 0.25) is 5.91 Å². The van der Waals surface area contributed by atoms with Crippen LogP contribution in [0.4, 0.5) is 5.69 Å². The van der Waals surface area contributed by atoms with Crippen LogP contribution in [0.15, 0.2) is 103 Å². The predicted molar refractivity (Wildman–Crippen MR) is 164 cm³/mol. The Bertz CT molecular complexity index is 1510. The minimum absolute atomic E-state index is 0.156. The van der Waals surface area contributed by atoms with Crippen molar-refractivity contribution in [1.82, 2.24) is 5.32 Å². The lowest BCUT2D eigenvalue weighted by molar-refractivity contribution is -0.139. The van der Waals surface area contributed by atoms with Gasteiger partial charge in [0.05, 0.1) is 18.3 Å². The second-order valence-electron chi connectivity index (χ2n) is 10.1. The van der Waals surface area contributed by atoms with Gasteiger partial charge in [0.1, 0.15) is 17.5 Å². The van der Waals surface area contributed by atoms with Gasteiger partial charge in [-0.2, -0.15) is 0 Å². The van der Waals surface area contributed by atoms with Crippen LogP contribution >= 0.6 is 0 Å². The number of amides is 2. The molecule has 0 aliphatic carbocycles. The van der Waals surface area contributed by atoms with Gasteiger partial charge < -0.3 is 31.3 Å².